The van der Waals surface area contributed by atoms with E-state index in [0.29, 0.717) is 91.0 Å². The smallest absolute Gasteiger partial charge is 0.422 e. The molecule has 6 aliphatic heterocycles. The third-order valence-electron chi connectivity index (χ3n) is 29.0. The van der Waals surface area contributed by atoms with E-state index in [-0.39, 0.29) is 56.2 Å². The van der Waals surface area contributed by atoms with Crippen molar-refractivity contribution in [1.29, 1.82) is 0 Å². The van der Waals surface area contributed by atoms with E-state index in [1.54, 1.807) is 23.0 Å². The minimum Gasteiger partial charge on any atom is -0.507 e. The number of carbonyl (C=O) groups excluding carboxylic acids is 1. The molecule has 6 saturated heterocycles. The number of esters is 1. The van der Waals surface area contributed by atoms with E-state index < -0.39 is 12.8 Å². The van der Waals surface area contributed by atoms with Gasteiger partial charge in [0.05, 0.1) is 30.7 Å². The lowest BCUT2D eigenvalue weighted by molar-refractivity contribution is -0.204. The van der Waals surface area contributed by atoms with Crippen LogP contribution in [0.5, 0.6) is 23.0 Å². The second-order valence-corrected chi connectivity index (χ2v) is 58.0. The van der Waals surface area contributed by atoms with Crippen molar-refractivity contribution in [2.24, 2.45) is 23.7 Å². The molecule has 1 N–H and O–H groups in total. The van der Waals surface area contributed by atoms with Gasteiger partial charge in [-0.2, -0.15) is 13.2 Å². The summed E-state index contributed by atoms with van der Waals surface area (Å²) in [5.74, 6) is 20.8. The predicted molar refractivity (Wildman–Crippen MR) is 600 cm³/mol. The molecular weight excluding hydrogens is 1890 g/mol. The molecule has 0 atom stereocenters. The Labute approximate surface area is 861 Å². The maximum absolute atomic E-state index is 13.0. The number of rotatable bonds is 19. The summed E-state index contributed by atoms with van der Waals surface area (Å²) in [6.45, 7) is 28.6. The predicted octanol–water partition coefficient (Wildman–Crippen LogP) is 29.9. The third-order valence-corrected chi connectivity index (χ3v) is 46.1. The minimum absolute atomic E-state index is 0.0357. The first kappa shape index (κ1) is 107. The summed E-state index contributed by atoms with van der Waals surface area (Å²) in [5.41, 5.74) is 6.95. The summed E-state index contributed by atoms with van der Waals surface area (Å²) in [7, 11) is 4.13. The maximum atomic E-state index is 13.0. The van der Waals surface area contributed by atoms with Crippen LogP contribution < -0.4 is 14.2 Å². The first-order valence-electron chi connectivity index (χ1n) is 51.7. The number of benzene rings is 12. The van der Waals surface area contributed by atoms with Gasteiger partial charge in [0.2, 0.25) is 0 Å². The molecule has 141 heavy (non-hydrogen) atoms. The van der Waals surface area contributed by atoms with Crippen LogP contribution in [0, 0.1) is 37.5 Å². The van der Waals surface area contributed by atoms with Crippen molar-refractivity contribution < 1.29 is 51.5 Å². The minimum atomic E-state index is -4.31. The van der Waals surface area contributed by atoms with Gasteiger partial charge in [0, 0.05) is 117 Å². The van der Waals surface area contributed by atoms with Crippen molar-refractivity contribution in [2.45, 2.75) is 258 Å². The standard InChI is InChI=1S/C33H37O3S.C17H21O2S.C16H16F3OS.C15H23S.C14H14OS.C14H21OS.C14H21S/c1-22-14-30(37(28-10-6-4-7-11-28)29-12-8-5-9-13-29)15-23(2)32(22)35-21-31(34)36-33(3)26-17-24-16-25(19-26)20-27(33)18-24;1-18-10-11-19-16-8-9-17(20-12-4-5-13-20)15-7-3-2-6-14(15)16;17-16(18,19)11-20-14-7-8-15(21-9-3-4-10-21)13-6-2-1-5-12(13)14;1-15(2,3)13-7-9-14(10-8-13)16-11-5-4-6-12-16;15-13-7-8-14(16-9-3-4-10-16)12-6-2-1-5-11(12)13;1-14(2,3)12-4-6-13(7-5-12)16-10-8-15-9-11-16;1-14(2,3)12-6-8-13(9-7-12)15-10-4-5-11-15/h4-15,24-27H,16-21H2,1-3H3;2-3,6-9H,4-5,10-13H2,1H3;1-2,5-8H,3-4,9-11H2;7-10H,4-6,11-12H2,1-3H3;1-2,5-8H,3-4,9-10H2;4-7H,8-11H2,1-3H3;6-9H,4-5,10-11H2,1-3H3/q4*+1;;2*+1/p+1. The molecule has 8 nitrogen and oxygen atoms in total. The van der Waals surface area contributed by atoms with Gasteiger partial charge in [-0.3, -0.25) is 0 Å². The molecule has 18 heteroatoms. The first-order valence-corrected chi connectivity index (χ1v) is 62.3. The van der Waals surface area contributed by atoms with E-state index in [4.69, 9.17) is 28.4 Å². The molecule has 0 unspecified atom stereocenters. The van der Waals surface area contributed by atoms with E-state index in [2.05, 4.69) is 283 Å². The molecule has 750 valence electrons. The van der Waals surface area contributed by atoms with E-state index in [1.807, 2.05) is 48.5 Å². The first-order chi connectivity index (χ1) is 67.9. The van der Waals surface area contributed by atoms with Gasteiger partial charge in [-0.05, 0) is 306 Å². The SMILES string of the molecule is CC(C)(C)c1ccc([S+]2CCCC2)cc1.CC(C)(C)c1ccc([S+]2CCCCC2)cc1.CC(C)(C)c1ccc([S+]2CCOCC2)cc1.COCCOc1ccc([S+]2CCCC2)c2ccccc12.Cc1cc([S+](c2ccccc2)c2ccccc2)cc(C)c1OCC(=O)OC1(C)C2CC3CC(C2)CC1C3.FC(F)(F)COc1ccc([S+]2CCCC2)c2ccccc12.Oc1ccc([S+]2CCCC2)c2ccccc12. The van der Waals surface area contributed by atoms with Gasteiger partial charge in [0.1, 0.15) is 104 Å². The number of aryl methyl sites for hydroxylation is 2. The topological polar surface area (TPSA) is 92.7 Å². The van der Waals surface area contributed by atoms with Crippen molar-refractivity contribution in [3.05, 3.63) is 283 Å². The lowest BCUT2D eigenvalue weighted by Gasteiger charge is -2.59. The second kappa shape index (κ2) is 50.6. The number of methoxy groups -OCH3 is 1. The number of hydrogen-bond acceptors (Lipinski definition) is 8. The highest BCUT2D eigenvalue weighted by molar-refractivity contribution is 7.99. The van der Waals surface area contributed by atoms with E-state index in [0.717, 1.165) is 63.8 Å². The van der Waals surface area contributed by atoms with Crippen LogP contribution in [-0.4, -0.2) is 139 Å². The average molecular weight is 2040 g/mol. The Morgan fingerprint density at radius 1 is 0.383 bits per heavy atom. The lowest BCUT2D eigenvalue weighted by Crippen LogP contribution is -2.58. The van der Waals surface area contributed by atoms with Gasteiger partial charge in [0.25, 0.3) is 0 Å². The Bertz CT molecular complexity index is 5780. The quantitative estimate of drug-likeness (QED) is 0.0486. The van der Waals surface area contributed by atoms with Crippen LogP contribution in [0.4, 0.5) is 13.2 Å². The molecule has 12 aromatic carbocycles. The molecule has 4 aliphatic carbocycles. The van der Waals surface area contributed by atoms with Crippen molar-refractivity contribution >= 4 is 115 Å². The number of ether oxygens (including phenoxy) is 6. The Hall–Kier alpha value is -7.75. The number of fused-ring (bicyclic) bond motifs is 3. The van der Waals surface area contributed by atoms with Crippen LogP contribution >= 0.6 is 0 Å². The Morgan fingerprint density at radius 2 is 0.723 bits per heavy atom. The maximum Gasteiger partial charge on any atom is 0.422 e. The fourth-order valence-electron chi connectivity index (χ4n) is 21.4. The van der Waals surface area contributed by atoms with Crippen LogP contribution in [-0.2, 0) is 112 Å². The molecule has 0 radical (unpaired) electrons. The molecule has 10 fully saturated rings. The monoisotopic (exact) mass is 2040 g/mol. The van der Waals surface area contributed by atoms with E-state index in [1.165, 1.54) is 239 Å². The van der Waals surface area contributed by atoms with Gasteiger partial charge in [-0.1, -0.05) is 190 Å². The van der Waals surface area contributed by atoms with Gasteiger partial charge in [0.15, 0.2) is 57.3 Å². The number of hydrogen-bond donors (Lipinski definition) is 1. The highest BCUT2D eigenvalue weighted by Crippen LogP contribution is 2.60. The van der Waals surface area contributed by atoms with Crippen molar-refractivity contribution in [2.75, 3.05) is 116 Å². The molecule has 22 rings (SSSR count). The van der Waals surface area contributed by atoms with Crippen LogP contribution in [0.25, 0.3) is 32.3 Å². The zero-order valence-electron chi connectivity index (χ0n) is 85.9. The van der Waals surface area contributed by atoms with Crippen molar-refractivity contribution in [3.8, 4) is 23.0 Å². The summed E-state index contributed by atoms with van der Waals surface area (Å²) in [5, 5.41) is 16.5. The summed E-state index contributed by atoms with van der Waals surface area (Å²) in [6.07, 6.45) is 17.1. The second-order valence-electron chi connectivity index (χ2n) is 42.4. The summed E-state index contributed by atoms with van der Waals surface area (Å²) >= 11 is 0. The fourth-order valence-corrected chi connectivity index (χ4v) is 37.6. The molecule has 12 aromatic rings. The zero-order chi connectivity index (χ0) is 99.3. The Balaban J connectivity index is 0.000000128. The Kier molecular flexibility index (Phi) is 38.6. The van der Waals surface area contributed by atoms with E-state index >= 15 is 0 Å². The summed E-state index contributed by atoms with van der Waals surface area (Å²) < 4.78 is 70.7. The van der Waals surface area contributed by atoms with Crippen LogP contribution in [0.15, 0.2) is 299 Å². The van der Waals surface area contributed by atoms with Crippen molar-refractivity contribution in [1.82, 2.24) is 0 Å². The number of halogens is 3. The Morgan fingerprint density at radius 3 is 1.11 bits per heavy atom. The fraction of sp³-hybridized carbons (Fsp3) is 0.455. The molecule has 10 aliphatic rings. The zero-order valence-corrected chi connectivity index (χ0v) is 91.6. The molecule has 4 bridgehead atoms. The average Bonchev–Trinajstić information content (AvgIpc) is 1.27. The van der Waals surface area contributed by atoms with Gasteiger partial charge in [-0.25, -0.2) is 4.79 Å². The number of aromatic hydroxyl groups is 1. The third kappa shape index (κ3) is 29.2. The largest absolute Gasteiger partial charge is 0.507 e. The molecule has 0 spiro atoms. The van der Waals surface area contributed by atoms with Crippen LogP contribution in [0.2, 0.25) is 0 Å². The molecule has 0 amide bonds. The highest BCUT2D eigenvalue weighted by Gasteiger charge is 2.57. The number of alkyl halides is 3. The highest BCUT2D eigenvalue weighted by atomic mass is 32.2. The number of phenolic OH excluding ortho intramolecular Hbond substituents is 1. The molecule has 6 heterocycles. The number of phenols is 1. The van der Waals surface area contributed by atoms with Gasteiger partial charge >= 0.3 is 12.1 Å². The van der Waals surface area contributed by atoms with Crippen LogP contribution in [0.1, 0.15) is 200 Å². The van der Waals surface area contributed by atoms with Gasteiger partial charge in [-0.15, -0.1) is 0 Å². The van der Waals surface area contributed by atoms with Crippen molar-refractivity contribution in [3.63, 3.8) is 0 Å². The van der Waals surface area contributed by atoms with E-state index in [9.17, 15) is 23.1 Å². The molecule has 0 aromatic heterocycles. The summed E-state index contributed by atoms with van der Waals surface area (Å²) in [6, 6.07) is 90.1. The lowest BCUT2D eigenvalue weighted by atomic mass is 9.50. The normalized spacial score (nSPS) is 20.1. The van der Waals surface area contributed by atoms with Crippen LogP contribution in [0.3, 0.4) is 0 Å². The molecule has 4 saturated carbocycles. The molecular formula is C123H154F3O8S7+7. The van der Waals surface area contributed by atoms with Gasteiger partial charge < -0.3 is 33.5 Å². The summed E-state index contributed by atoms with van der Waals surface area (Å²) in [4.78, 5) is 25.8. The number of carbonyl (C=O) groups is 1.